The number of aryl methyl sites for hydroxylation is 2. The lowest BCUT2D eigenvalue weighted by Gasteiger charge is -2.12. The Balaban J connectivity index is 1.40. The number of aromatic nitrogens is 3. The Morgan fingerprint density at radius 3 is 2.44 bits per heavy atom. The number of benzene rings is 3. The Morgan fingerprint density at radius 1 is 0.938 bits per heavy atom. The zero-order valence-electron chi connectivity index (χ0n) is 18.0. The van der Waals surface area contributed by atoms with Crippen LogP contribution >= 0.6 is 11.8 Å². The van der Waals surface area contributed by atoms with Crippen LogP contribution in [0.25, 0.3) is 0 Å². The zero-order valence-corrected chi connectivity index (χ0v) is 18.8. The molecule has 0 saturated heterocycles. The summed E-state index contributed by atoms with van der Waals surface area (Å²) in [4.78, 5) is 12.7. The highest BCUT2D eigenvalue weighted by Crippen LogP contribution is 2.30. The van der Waals surface area contributed by atoms with Crippen LogP contribution in [0.2, 0.25) is 0 Å². The third-order valence-electron chi connectivity index (χ3n) is 4.83. The number of rotatable bonds is 8. The summed E-state index contributed by atoms with van der Waals surface area (Å²) in [5.41, 5.74) is 2.94. The molecule has 1 heterocycles. The Labute approximate surface area is 191 Å². The molecule has 0 aliphatic rings. The van der Waals surface area contributed by atoms with Crippen molar-refractivity contribution in [2.45, 2.75) is 25.5 Å². The maximum atomic E-state index is 12.7. The van der Waals surface area contributed by atoms with Crippen molar-refractivity contribution in [3.63, 3.8) is 0 Å². The summed E-state index contributed by atoms with van der Waals surface area (Å²) in [7, 11) is 0. The van der Waals surface area contributed by atoms with Crippen molar-refractivity contribution in [3.8, 4) is 11.5 Å². The van der Waals surface area contributed by atoms with E-state index in [4.69, 9.17) is 4.74 Å². The van der Waals surface area contributed by atoms with Gasteiger partial charge in [0.15, 0.2) is 10.9 Å². The molecule has 1 aromatic heterocycles. The summed E-state index contributed by atoms with van der Waals surface area (Å²) in [6, 6.07) is 25.3. The first-order chi connectivity index (χ1) is 15.6. The lowest BCUT2D eigenvalue weighted by molar-refractivity contribution is -0.113. The number of hydrogen-bond donors (Lipinski definition) is 1. The van der Waals surface area contributed by atoms with Gasteiger partial charge in [0, 0.05) is 0 Å². The second-order valence-corrected chi connectivity index (χ2v) is 8.29. The summed E-state index contributed by atoms with van der Waals surface area (Å²) in [6.07, 6.45) is 0. The Hall–Kier alpha value is -3.58. The van der Waals surface area contributed by atoms with Gasteiger partial charge in [0.1, 0.15) is 11.6 Å². The molecule has 4 rings (SSSR count). The molecule has 1 N–H and O–H groups in total. The molecule has 32 heavy (non-hydrogen) atoms. The van der Waals surface area contributed by atoms with Gasteiger partial charge < -0.3 is 14.6 Å². The van der Waals surface area contributed by atoms with Gasteiger partial charge in [-0.3, -0.25) is 4.79 Å². The van der Waals surface area contributed by atoms with E-state index in [0.717, 1.165) is 22.7 Å². The number of para-hydroxylation sites is 2. The van der Waals surface area contributed by atoms with Crippen LogP contribution in [0.15, 0.2) is 84.0 Å². The molecule has 0 saturated carbocycles. The van der Waals surface area contributed by atoms with Crippen LogP contribution in [0.1, 0.15) is 17.0 Å². The minimum Gasteiger partial charge on any atom is -0.455 e. The average molecular weight is 445 g/mol. The second-order valence-electron chi connectivity index (χ2n) is 7.35. The quantitative estimate of drug-likeness (QED) is 0.365. The first kappa shape index (κ1) is 21.6. The van der Waals surface area contributed by atoms with Crippen molar-refractivity contribution < 1.29 is 9.53 Å². The van der Waals surface area contributed by atoms with Crippen LogP contribution < -0.4 is 10.1 Å². The lowest BCUT2D eigenvalue weighted by Crippen LogP contribution is -2.15. The van der Waals surface area contributed by atoms with E-state index in [-0.39, 0.29) is 11.7 Å². The van der Waals surface area contributed by atoms with E-state index in [9.17, 15) is 4.79 Å². The van der Waals surface area contributed by atoms with Gasteiger partial charge in [-0.1, -0.05) is 71.9 Å². The molecule has 0 atom stereocenters. The largest absolute Gasteiger partial charge is 0.455 e. The van der Waals surface area contributed by atoms with E-state index < -0.39 is 0 Å². The number of hydrogen-bond acceptors (Lipinski definition) is 5. The topological polar surface area (TPSA) is 69.0 Å². The standard InChI is InChI=1S/C25H24N4O2S/c1-18-12-14-21(15-13-18)31-23-11-7-6-10-22(23)26-24(30)17-32-25-28-27-19(2)29(25)16-20-8-4-3-5-9-20/h3-15H,16-17H2,1-2H3,(H,26,30). The van der Waals surface area contributed by atoms with Gasteiger partial charge in [-0.25, -0.2) is 0 Å². The van der Waals surface area contributed by atoms with Gasteiger partial charge in [-0.2, -0.15) is 0 Å². The van der Waals surface area contributed by atoms with Crippen molar-refractivity contribution in [2.75, 3.05) is 11.1 Å². The molecule has 0 unspecified atom stereocenters. The summed E-state index contributed by atoms with van der Waals surface area (Å²) >= 11 is 1.36. The van der Waals surface area contributed by atoms with E-state index in [2.05, 4.69) is 27.6 Å². The van der Waals surface area contributed by atoms with Crippen LogP contribution in [0, 0.1) is 13.8 Å². The maximum Gasteiger partial charge on any atom is 0.234 e. The van der Waals surface area contributed by atoms with Crippen molar-refractivity contribution >= 4 is 23.4 Å². The van der Waals surface area contributed by atoms with Crippen molar-refractivity contribution in [1.29, 1.82) is 0 Å². The molecule has 0 fully saturated rings. The van der Waals surface area contributed by atoms with E-state index in [0.29, 0.717) is 23.1 Å². The molecule has 4 aromatic rings. The molecule has 6 nitrogen and oxygen atoms in total. The smallest absolute Gasteiger partial charge is 0.234 e. The molecule has 0 radical (unpaired) electrons. The fraction of sp³-hybridized carbons (Fsp3) is 0.160. The molecule has 0 aliphatic carbocycles. The third-order valence-corrected chi connectivity index (χ3v) is 5.79. The van der Waals surface area contributed by atoms with E-state index in [1.165, 1.54) is 11.8 Å². The molecular formula is C25H24N4O2S. The number of thioether (sulfide) groups is 1. The van der Waals surface area contributed by atoms with E-state index in [1.807, 2.05) is 85.1 Å². The zero-order chi connectivity index (χ0) is 22.3. The molecular weight excluding hydrogens is 420 g/mol. The minimum atomic E-state index is -0.137. The summed E-state index contributed by atoms with van der Waals surface area (Å²) in [6.45, 7) is 4.60. The molecule has 0 bridgehead atoms. The number of nitrogens with one attached hydrogen (secondary N) is 1. The SMILES string of the molecule is Cc1ccc(Oc2ccccc2NC(=O)CSc2nnc(C)n2Cc2ccccc2)cc1. The number of amides is 1. The number of nitrogens with zero attached hydrogens (tertiary/aromatic N) is 3. The highest BCUT2D eigenvalue weighted by atomic mass is 32.2. The van der Waals surface area contributed by atoms with Crippen molar-refractivity contribution in [3.05, 3.63) is 95.8 Å². The second kappa shape index (κ2) is 10.2. The molecule has 0 aliphatic heterocycles. The molecule has 162 valence electrons. The summed E-state index contributed by atoms with van der Waals surface area (Å²) in [5, 5.41) is 12.1. The highest BCUT2D eigenvalue weighted by molar-refractivity contribution is 7.99. The van der Waals surface area contributed by atoms with Crippen molar-refractivity contribution in [2.24, 2.45) is 0 Å². The molecule has 1 amide bonds. The van der Waals surface area contributed by atoms with Crippen molar-refractivity contribution in [1.82, 2.24) is 14.8 Å². The monoisotopic (exact) mass is 444 g/mol. The van der Waals surface area contributed by atoms with Crippen LogP contribution in [0.5, 0.6) is 11.5 Å². The predicted octanol–water partition coefficient (Wildman–Crippen LogP) is 5.47. The summed E-state index contributed by atoms with van der Waals surface area (Å²) < 4.78 is 7.98. The Morgan fingerprint density at radius 2 is 1.66 bits per heavy atom. The van der Waals surface area contributed by atoms with Crippen LogP contribution in [0.4, 0.5) is 5.69 Å². The third kappa shape index (κ3) is 5.56. The normalized spacial score (nSPS) is 10.7. The number of ether oxygens (including phenoxy) is 1. The van der Waals surface area contributed by atoms with Gasteiger partial charge in [0.05, 0.1) is 18.0 Å². The Kier molecular flexibility index (Phi) is 6.87. The fourth-order valence-electron chi connectivity index (χ4n) is 3.12. The number of anilines is 1. The molecule has 0 spiro atoms. The lowest BCUT2D eigenvalue weighted by atomic mass is 10.2. The minimum absolute atomic E-state index is 0.137. The fourth-order valence-corrected chi connectivity index (χ4v) is 3.91. The highest BCUT2D eigenvalue weighted by Gasteiger charge is 2.14. The van der Waals surface area contributed by atoms with E-state index >= 15 is 0 Å². The van der Waals surface area contributed by atoms with Gasteiger partial charge in [-0.15, -0.1) is 10.2 Å². The van der Waals surface area contributed by atoms with Gasteiger partial charge in [0.25, 0.3) is 0 Å². The Bertz CT molecular complexity index is 1190. The summed E-state index contributed by atoms with van der Waals surface area (Å²) in [5.74, 6) is 2.20. The van der Waals surface area contributed by atoms with Gasteiger partial charge >= 0.3 is 0 Å². The van der Waals surface area contributed by atoms with Crippen LogP contribution in [0.3, 0.4) is 0 Å². The number of carbonyl (C=O) groups is 1. The van der Waals surface area contributed by atoms with E-state index in [1.54, 1.807) is 0 Å². The van der Waals surface area contributed by atoms with Crippen LogP contribution in [-0.4, -0.2) is 26.4 Å². The molecule has 7 heteroatoms. The van der Waals surface area contributed by atoms with Gasteiger partial charge in [0.2, 0.25) is 5.91 Å². The first-order valence-electron chi connectivity index (χ1n) is 10.3. The first-order valence-corrected chi connectivity index (χ1v) is 11.3. The predicted molar refractivity (Wildman–Crippen MR) is 127 cm³/mol. The number of carbonyl (C=O) groups excluding carboxylic acids is 1. The molecule has 3 aromatic carbocycles. The average Bonchev–Trinajstić information content (AvgIpc) is 3.15. The maximum absolute atomic E-state index is 12.7. The van der Waals surface area contributed by atoms with Crippen LogP contribution in [-0.2, 0) is 11.3 Å². The van der Waals surface area contributed by atoms with Gasteiger partial charge in [-0.05, 0) is 43.7 Å².